The van der Waals surface area contributed by atoms with E-state index in [1.807, 2.05) is 11.3 Å². The average Bonchev–Trinajstić information content (AvgIpc) is 3.75. The summed E-state index contributed by atoms with van der Waals surface area (Å²) < 4.78 is 2.65. The van der Waals surface area contributed by atoms with Gasteiger partial charge in [0.2, 0.25) is 0 Å². The van der Waals surface area contributed by atoms with Crippen LogP contribution < -0.4 is 4.90 Å². The molecule has 0 saturated carbocycles. The maximum Gasteiger partial charge on any atom is 0.0720 e. The molecule has 0 aliphatic heterocycles. The van der Waals surface area contributed by atoms with Crippen molar-refractivity contribution in [3.63, 3.8) is 0 Å². The first-order chi connectivity index (χ1) is 26.5. The number of thiophene rings is 1. The normalized spacial score (nSPS) is 14.4. The summed E-state index contributed by atoms with van der Waals surface area (Å²) in [5, 5.41) is 2.64. The van der Waals surface area contributed by atoms with Gasteiger partial charge in [-0.15, -0.1) is 11.3 Å². The number of hydrogen-bond acceptors (Lipinski definition) is 2. The van der Waals surface area contributed by atoms with Crippen molar-refractivity contribution in [1.29, 1.82) is 0 Å². The Kier molecular flexibility index (Phi) is 6.75. The Morgan fingerprint density at radius 1 is 0.389 bits per heavy atom. The second-order valence-corrected chi connectivity index (χ2v) is 16.3. The molecule has 0 radical (unpaired) electrons. The smallest absolute Gasteiger partial charge is 0.0720 e. The third kappa shape index (κ3) is 4.26. The Hall–Kier alpha value is -6.22. The van der Waals surface area contributed by atoms with E-state index in [0.29, 0.717) is 0 Å². The number of benzene rings is 8. The fraction of sp³-hybridized carbons (Fsp3) is 0.0769. The molecule has 9 aromatic rings. The van der Waals surface area contributed by atoms with E-state index in [0.717, 1.165) is 17.1 Å². The molecular formula is C52H37NS. The van der Waals surface area contributed by atoms with Crippen molar-refractivity contribution in [3.05, 3.63) is 221 Å². The number of anilines is 3. The highest BCUT2D eigenvalue weighted by Gasteiger charge is 2.53. The molecular weight excluding hydrogens is 671 g/mol. The Balaban J connectivity index is 1.17. The van der Waals surface area contributed by atoms with Gasteiger partial charge in [0, 0.05) is 42.6 Å². The van der Waals surface area contributed by atoms with Crippen LogP contribution in [0.15, 0.2) is 188 Å². The summed E-state index contributed by atoms with van der Waals surface area (Å²) in [5.41, 5.74) is 16.1. The van der Waals surface area contributed by atoms with Crippen molar-refractivity contribution in [1.82, 2.24) is 0 Å². The third-order valence-corrected chi connectivity index (χ3v) is 13.3. The molecule has 8 aromatic carbocycles. The van der Waals surface area contributed by atoms with Crippen LogP contribution in [0.3, 0.4) is 0 Å². The fourth-order valence-corrected chi connectivity index (χ4v) is 11.0. The molecule has 2 heteroatoms. The van der Waals surface area contributed by atoms with Crippen molar-refractivity contribution < 1.29 is 0 Å². The summed E-state index contributed by atoms with van der Waals surface area (Å²) >= 11 is 1.89. The minimum atomic E-state index is -0.453. The Bertz CT molecular complexity index is 2890. The molecule has 1 aromatic heterocycles. The van der Waals surface area contributed by atoms with Crippen LogP contribution in [0.1, 0.15) is 47.2 Å². The van der Waals surface area contributed by atoms with Crippen molar-refractivity contribution in [2.75, 3.05) is 4.90 Å². The van der Waals surface area contributed by atoms with E-state index in [-0.39, 0.29) is 5.41 Å². The van der Waals surface area contributed by atoms with Crippen molar-refractivity contribution >= 4 is 48.6 Å². The molecule has 54 heavy (non-hydrogen) atoms. The highest BCUT2D eigenvalue weighted by Crippen LogP contribution is 2.62. The highest BCUT2D eigenvalue weighted by atomic mass is 32.1. The molecule has 0 amide bonds. The van der Waals surface area contributed by atoms with Gasteiger partial charge in [-0.25, -0.2) is 0 Å². The van der Waals surface area contributed by atoms with E-state index in [2.05, 4.69) is 207 Å². The van der Waals surface area contributed by atoms with Crippen molar-refractivity contribution in [2.45, 2.75) is 24.7 Å². The summed E-state index contributed by atoms with van der Waals surface area (Å²) in [4.78, 5) is 2.45. The highest BCUT2D eigenvalue weighted by molar-refractivity contribution is 7.26. The van der Waals surface area contributed by atoms with E-state index >= 15 is 0 Å². The maximum absolute atomic E-state index is 2.51. The van der Waals surface area contributed by atoms with Crippen LogP contribution in [0.5, 0.6) is 0 Å². The standard InChI is InChI=1S/C52H37NS/c1-51(2)45-27-11-12-28-47(45)52(43-25-9-6-20-39(43)40-21-7-10-26-44(40)52)48-33-37(30-31-46(48)51)53(35-17-4-3-5-18-35)36-19-14-16-34(32-36)38-23-15-24-42-41-22-8-13-29-49(41)54-50(38)42/h3-33H,1-2H3. The molecule has 0 fully saturated rings. The quantitative estimate of drug-likeness (QED) is 0.176. The SMILES string of the molecule is CC1(C)c2ccccc2C2(c3ccccc3-c3ccccc32)c2cc(N(c3ccccc3)c3cccc(-c4cccc5c4sc4ccccc45)c3)ccc21. The van der Waals surface area contributed by atoms with Gasteiger partial charge in [0.1, 0.15) is 0 Å². The topological polar surface area (TPSA) is 3.24 Å². The molecule has 2 aliphatic rings. The summed E-state index contributed by atoms with van der Waals surface area (Å²) in [6.07, 6.45) is 0. The molecule has 1 spiro atoms. The van der Waals surface area contributed by atoms with Crippen LogP contribution in [0.4, 0.5) is 17.1 Å². The zero-order valence-corrected chi connectivity index (χ0v) is 31.1. The van der Waals surface area contributed by atoms with Gasteiger partial charge in [-0.3, -0.25) is 0 Å². The van der Waals surface area contributed by atoms with Crippen LogP contribution in [-0.2, 0) is 10.8 Å². The Labute approximate surface area is 320 Å². The summed E-state index contributed by atoms with van der Waals surface area (Å²) in [7, 11) is 0. The molecule has 256 valence electrons. The largest absolute Gasteiger partial charge is 0.310 e. The van der Waals surface area contributed by atoms with Crippen LogP contribution >= 0.6 is 11.3 Å². The molecule has 0 atom stereocenters. The molecule has 0 bridgehead atoms. The van der Waals surface area contributed by atoms with Crippen LogP contribution in [0, 0.1) is 0 Å². The fourth-order valence-electron chi connectivity index (χ4n) is 9.80. The third-order valence-electron chi connectivity index (χ3n) is 12.1. The lowest BCUT2D eigenvalue weighted by Crippen LogP contribution is -2.40. The second-order valence-electron chi connectivity index (χ2n) is 15.2. The van der Waals surface area contributed by atoms with E-state index in [1.165, 1.54) is 75.8 Å². The predicted molar refractivity (Wildman–Crippen MR) is 229 cm³/mol. The number of rotatable bonds is 4. The van der Waals surface area contributed by atoms with Gasteiger partial charge in [-0.05, 0) is 98.1 Å². The van der Waals surface area contributed by atoms with Crippen LogP contribution in [0.25, 0.3) is 42.4 Å². The minimum absolute atomic E-state index is 0.192. The zero-order chi connectivity index (χ0) is 36.0. The molecule has 1 nitrogen and oxygen atoms in total. The van der Waals surface area contributed by atoms with Gasteiger partial charge < -0.3 is 4.90 Å². The van der Waals surface area contributed by atoms with E-state index in [1.54, 1.807) is 0 Å². The number of nitrogens with zero attached hydrogens (tertiary/aromatic N) is 1. The second kappa shape index (κ2) is 11.6. The first-order valence-corrected chi connectivity index (χ1v) is 19.7. The summed E-state index contributed by atoms with van der Waals surface area (Å²) in [5.74, 6) is 0. The van der Waals surface area contributed by atoms with Crippen molar-refractivity contribution in [3.8, 4) is 22.3 Å². The van der Waals surface area contributed by atoms with Gasteiger partial charge in [0.05, 0.1) is 5.41 Å². The summed E-state index contributed by atoms with van der Waals surface area (Å²) in [6, 6.07) is 70.1. The monoisotopic (exact) mass is 707 g/mol. The van der Waals surface area contributed by atoms with E-state index in [9.17, 15) is 0 Å². The lowest BCUT2D eigenvalue weighted by molar-refractivity contribution is 0.563. The first-order valence-electron chi connectivity index (χ1n) is 18.9. The Morgan fingerprint density at radius 2 is 0.944 bits per heavy atom. The molecule has 0 saturated heterocycles. The van der Waals surface area contributed by atoms with Gasteiger partial charge >= 0.3 is 0 Å². The van der Waals surface area contributed by atoms with Crippen LogP contribution in [0.2, 0.25) is 0 Å². The van der Waals surface area contributed by atoms with Crippen LogP contribution in [-0.4, -0.2) is 0 Å². The maximum atomic E-state index is 2.51. The summed E-state index contributed by atoms with van der Waals surface area (Å²) in [6.45, 7) is 4.80. The Morgan fingerprint density at radius 3 is 1.72 bits per heavy atom. The molecule has 1 heterocycles. The predicted octanol–water partition coefficient (Wildman–Crippen LogP) is 14.2. The number of para-hydroxylation sites is 1. The first kappa shape index (κ1) is 31.3. The van der Waals surface area contributed by atoms with Gasteiger partial charge in [0.25, 0.3) is 0 Å². The van der Waals surface area contributed by atoms with E-state index in [4.69, 9.17) is 0 Å². The molecule has 0 unspecified atom stereocenters. The van der Waals surface area contributed by atoms with Gasteiger partial charge in [-0.1, -0.05) is 159 Å². The molecule has 0 N–H and O–H groups in total. The molecule has 11 rings (SSSR count). The van der Waals surface area contributed by atoms with Gasteiger partial charge in [-0.2, -0.15) is 0 Å². The molecule has 2 aliphatic carbocycles. The lowest BCUT2D eigenvalue weighted by atomic mass is 9.55. The number of hydrogen-bond donors (Lipinski definition) is 0. The average molecular weight is 708 g/mol. The van der Waals surface area contributed by atoms with E-state index < -0.39 is 5.41 Å². The lowest BCUT2D eigenvalue weighted by Gasteiger charge is -2.47. The number of fused-ring (bicyclic) bond motifs is 12. The van der Waals surface area contributed by atoms with Gasteiger partial charge in [0.15, 0.2) is 0 Å². The zero-order valence-electron chi connectivity index (χ0n) is 30.3. The minimum Gasteiger partial charge on any atom is -0.310 e. The van der Waals surface area contributed by atoms with Crippen molar-refractivity contribution in [2.24, 2.45) is 0 Å².